The summed E-state index contributed by atoms with van der Waals surface area (Å²) in [7, 11) is 1.44. The maximum Gasteiger partial charge on any atom is 0.324 e. The first-order valence-electron chi connectivity index (χ1n) is 6.37. The highest BCUT2D eigenvalue weighted by Crippen LogP contribution is 2.08. The van der Waals surface area contributed by atoms with Gasteiger partial charge in [0.25, 0.3) is 0 Å². The number of ether oxygens (including phenoxy) is 1. The molecule has 0 saturated carbocycles. The predicted molar refractivity (Wildman–Crippen MR) is 70.1 cm³/mol. The molecule has 1 heterocycles. The van der Waals surface area contributed by atoms with Gasteiger partial charge in [0.2, 0.25) is 0 Å². The fourth-order valence-corrected chi connectivity index (χ4v) is 2.28. The zero-order valence-corrected chi connectivity index (χ0v) is 10.8. The van der Waals surface area contributed by atoms with E-state index in [4.69, 9.17) is 4.74 Å². The van der Waals surface area contributed by atoms with E-state index in [0.717, 1.165) is 26.1 Å². The fourth-order valence-electron chi connectivity index (χ4n) is 2.28. The summed E-state index contributed by atoms with van der Waals surface area (Å²) < 4.78 is 4.82. The van der Waals surface area contributed by atoms with Crippen LogP contribution in [-0.2, 0) is 16.1 Å². The second kappa shape index (κ2) is 6.52. The van der Waals surface area contributed by atoms with Crippen molar-refractivity contribution < 1.29 is 9.53 Å². The second-order valence-electron chi connectivity index (χ2n) is 4.60. The van der Waals surface area contributed by atoms with Gasteiger partial charge in [-0.2, -0.15) is 0 Å². The van der Waals surface area contributed by atoms with E-state index < -0.39 is 0 Å². The van der Waals surface area contributed by atoms with E-state index in [1.165, 1.54) is 12.7 Å². The van der Waals surface area contributed by atoms with Crippen LogP contribution in [0.5, 0.6) is 0 Å². The van der Waals surface area contributed by atoms with Crippen LogP contribution in [-0.4, -0.2) is 43.7 Å². The summed E-state index contributed by atoms with van der Waals surface area (Å²) in [5.74, 6) is -0.171. The average molecular weight is 248 g/mol. The standard InChI is InChI=1S/C14H20N2O2/c1-18-14(17)13-11-16(9-5-8-15-13)10-12-6-3-2-4-7-12/h2-4,6-7,13,15H,5,8-11H2,1H3/t13-/m0/s1. The molecule has 1 aromatic carbocycles. The molecule has 1 aromatic rings. The minimum Gasteiger partial charge on any atom is -0.468 e. The molecule has 0 aromatic heterocycles. The van der Waals surface area contributed by atoms with E-state index in [-0.39, 0.29) is 12.0 Å². The van der Waals surface area contributed by atoms with Crippen molar-refractivity contribution in [3.63, 3.8) is 0 Å². The third-order valence-corrected chi connectivity index (χ3v) is 3.22. The molecule has 1 aliphatic heterocycles. The second-order valence-corrected chi connectivity index (χ2v) is 4.60. The maximum atomic E-state index is 11.6. The smallest absolute Gasteiger partial charge is 0.324 e. The lowest BCUT2D eigenvalue weighted by Crippen LogP contribution is -2.43. The molecule has 1 saturated heterocycles. The lowest BCUT2D eigenvalue weighted by Gasteiger charge is -2.22. The number of benzene rings is 1. The van der Waals surface area contributed by atoms with Crippen LogP contribution in [0.15, 0.2) is 30.3 Å². The molecule has 0 radical (unpaired) electrons. The van der Waals surface area contributed by atoms with E-state index in [2.05, 4.69) is 22.3 Å². The molecule has 1 N–H and O–H groups in total. The van der Waals surface area contributed by atoms with E-state index >= 15 is 0 Å². The Morgan fingerprint density at radius 3 is 2.94 bits per heavy atom. The first-order chi connectivity index (χ1) is 8.79. The molecule has 4 heteroatoms. The van der Waals surface area contributed by atoms with Crippen LogP contribution < -0.4 is 5.32 Å². The molecule has 0 amide bonds. The minimum atomic E-state index is -0.207. The number of carbonyl (C=O) groups is 1. The highest BCUT2D eigenvalue weighted by molar-refractivity contribution is 5.75. The number of methoxy groups -OCH3 is 1. The molecule has 0 bridgehead atoms. The summed E-state index contributed by atoms with van der Waals surface area (Å²) in [6.45, 7) is 3.47. The molecule has 1 fully saturated rings. The van der Waals surface area contributed by atoms with Gasteiger partial charge in [-0.15, -0.1) is 0 Å². The van der Waals surface area contributed by atoms with Gasteiger partial charge in [0.05, 0.1) is 7.11 Å². The molecular weight excluding hydrogens is 228 g/mol. The van der Waals surface area contributed by atoms with Gasteiger partial charge in [-0.3, -0.25) is 9.69 Å². The van der Waals surface area contributed by atoms with Gasteiger partial charge in [-0.1, -0.05) is 30.3 Å². The van der Waals surface area contributed by atoms with E-state index in [0.29, 0.717) is 6.54 Å². The van der Waals surface area contributed by atoms with Gasteiger partial charge in [-0.05, 0) is 25.1 Å². The van der Waals surface area contributed by atoms with Crippen LogP contribution in [0.4, 0.5) is 0 Å². The van der Waals surface area contributed by atoms with Crippen LogP contribution in [0.2, 0.25) is 0 Å². The fraction of sp³-hybridized carbons (Fsp3) is 0.500. The molecular formula is C14H20N2O2. The molecule has 18 heavy (non-hydrogen) atoms. The number of rotatable bonds is 3. The maximum absolute atomic E-state index is 11.6. The lowest BCUT2D eigenvalue weighted by atomic mass is 10.2. The average Bonchev–Trinajstić information content (AvgIpc) is 2.65. The zero-order valence-electron chi connectivity index (χ0n) is 10.8. The normalized spacial score (nSPS) is 21.3. The molecule has 0 aliphatic carbocycles. The summed E-state index contributed by atoms with van der Waals surface area (Å²) in [6, 6.07) is 10.1. The van der Waals surface area contributed by atoms with Crippen molar-refractivity contribution >= 4 is 5.97 Å². The summed E-state index contributed by atoms with van der Waals surface area (Å²) >= 11 is 0. The van der Waals surface area contributed by atoms with Crippen molar-refractivity contribution in [3.05, 3.63) is 35.9 Å². The monoisotopic (exact) mass is 248 g/mol. The SMILES string of the molecule is COC(=O)[C@@H]1CN(Cc2ccccc2)CCCN1. The van der Waals surface area contributed by atoms with Gasteiger partial charge in [0.15, 0.2) is 0 Å². The van der Waals surface area contributed by atoms with E-state index in [1.807, 2.05) is 18.2 Å². The summed E-state index contributed by atoms with van der Waals surface area (Å²) in [4.78, 5) is 13.9. The van der Waals surface area contributed by atoms with Gasteiger partial charge in [0, 0.05) is 13.1 Å². The topological polar surface area (TPSA) is 41.6 Å². The number of esters is 1. The highest BCUT2D eigenvalue weighted by atomic mass is 16.5. The number of hydrogen-bond donors (Lipinski definition) is 1. The van der Waals surface area contributed by atoms with Gasteiger partial charge >= 0.3 is 5.97 Å². The van der Waals surface area contributed by atoms with Gasteiger partial charge in [0.1, 0.15) is 6.04 Å². The highest BCUT2D eigenvalue weighted by Gasteiger charge is 2.24. The van der Waals surface area contributed by atoms with Crippen molar-refractivity contribution in [2.75, 3.05) is 26.7 Å². The van der Waals surface area contributed by atoms with Crippen molar-refractivity contribution in [2.45, 2.75) is 19.0 Å². The Balaban J connectivity index is 1.97. The Bertz CT molecular complexity index is 381. The van der Waals surface area contributed by atoms with Crippen LogP contribution in [0.25, 0.3) is 0 Å². The molecule has 1 atom stereocenters. The third-order valence-electron chi connectivity index (χ3n) is 3.22. The van der Waals surface area contributed by atoms with Crippen LogP contribution in [0.1, 0.15) is 12.0 Å². The summed E-state index contributed by atoms with van der Waals surface area (Å²) in [6.07, 6.45) is 1.06. The number of hydrogen-bond acceptors (Lipinski definition) is 4. The molecule has 0 unspecified atom stereocenters. The molecule has 0 spiro atoms. The van der Waals surface area contributed by atoms with Crippen LogP contribution >= 0.6 is 0 Å². The number of nitrogens with one attached hydrogen (secondary N) is 1. The first kappa shape index (κ1) is 13.1. The van der Waals surface area contributed by atoms with E-state index in [9.17, 15) is 4.79 Å². The summed E-state index contributed by atoms with van der Waals surface area (Å²) in [5.41, 5.74) is 1.28. The molecule has 1 aliphatic rings. The van der Waals surface area contributed by atoms with Crippen LogP contribution in [0.3, 0.4) is 0 Å². The van der Waals surface area contributed by atoms with E-state index in [1.54, 1.807) is 0 Å². The Kier molecular flexibility index (Phi) is 4.73. The largest absolute Gasteiger partial charge is 0.468 e. The molecule has 4 nitrogen and oxygen atoms in total. The van der Waals surface area contributed by atoms with Crippen molar-refractivity contribution in [3.8, 4) is 0 Å². The third kappa shape index (κ3) is 3.55. The zero-order chi connectivity index (χ0) is 12.8. The van der Waals surface area contributed by atoms with Crippen molar-refractivity contribution in [2.24, 2.45) is 0 Å². The number of nitrogens with zero attached hydrogens (tertiary/aromatic N) is 1. The number of carbonyl (C=O) groups excluding carboxylic acids is 1. The molecule has 2 rings (SSSR count). The van der Waals surface area contributed by atoms with Gasteiger partial charge < -0.3 is 10.1 Å². The van der Waals surface area contributed by atoms with Crippen molar-refractivity contribution in [1.29, 1.82) is 0 Å². The Labute approximate surface area is 108 Å². The van der Waals surface area contributed by atoms with Crippen molar-refractivity contribution in [1.82, 2.24) is 10.2 Å². The Morgan fingerprint density at radius 2 is 2.22 bits per heavy atom. The molecule has 98 valence electrons. The predicted octanol–water partition coefficient (Wildman–Crippen LogP) is 1.02. The lowest BCUT2D eigenvalue weighted by molar-refractivity contribution is -0.143. The Hall–Kier alpha value is -1.39. The Morgan fingerprint density at radius 1 is 1.44 bits per heavy atom. The quantitative estimate of drug-likeness (QED) is 0.811. The van der Waals surface area contributed by atoms with Crippen LogP contribution in [0, 0.1) is 0 Å². The van der Waals surface area contributed by atoms with Gasteiger partial charge in [-0.25, -0.2) is 0 Å². The minimum absolute atomic E-state index is 0.171. The summed E-state index contributed by atoms with van der Waals surface area (Å²) in [5, 5.41) is 3.23. The first-order valence-corrected chi connectivity index (χ1v) is 6.37.